The molecule has 0 aliphatic heterocycles. The summed E-state index contributed by atoms with van der Waals surface area (Å²) in [6.45, 7) is 3.21. The number of carbonyl (C=O) groups excluding carboxylic acids is 3. The molecule has 0 aliphatic carbocycles. The highest BCUT2D eigenvalue weighted by Gasteiger charge is 2.18. The van der Waals surface area contributed by atoms with E-state index in [0.717, 1.165) is 103 Å². The van der Waals surface area contributed by atoms with Crippen molar-refractivity contribution in [2.24, 2.45) is 0 Å². The highest BCUT2D eigenvalue weighted by Crippen LogP contribution is 2.14. The van der Waals surface area contributed by atoms with Crippen LogP contribution in [0.1, 0.15) is 136 Å². The van der Waals surface area contributed by atoms with Crippen molar-refractivity contribution < 1.29 is 34.1 Å². The van der Waals surface area contributed by atoms with Crippen LogP contribution in [0.4, 0.5) is 0 Å². The van der Waals surface area contributed by atoms with E-state index >= 15 is 0 Å². The molecule has 0 saturated carbocycles. The fraction of sp³-hybridized carbons (Fsp3) is 0.581. The van der Waals surface area contributed by atoms with E-state index in [4.69, 9.17) is 14.9 Å². The summed E-state index contributed by atoms with van der Waals surface area (Å²) in [5.41, 5.74) is 0. The Hall–Kier alpha value is -3.98. The molecule has 0 aliphatic rings. The highest BCUT2D eigenvalue weighted by atomic mass is 16.5. The summed E-state index contributed by atoms with van der Waals surface area (Å²) >= 11 is 0. The molecular weight excluding hydrogens is 656 g/mol. The Labute approximate surface area is 314 Å². The van der Waals surface area contributed by atoms with Crippen molar-refractivity contribution >= 4 is 23.8 Å². The van der Waals surface area contributed by atoms with Crippen LogP contribution in [0.3, 0.4) is 0 Å². The summed E-state index contributed by atoms with van der Waals surface area (Å²) < 4.78 is 5.87. The first-order chi connectivity index (χ1) is 25.3. The molecule has 9 heteroatoms. The molecule has 0 spiro atoms. The van der Waals surface area contributed by atoms with Crippen molar-refractivity contribution in [3.05, 3.63) is 85.1 Å². The van der Waals surface area contributed by atoms with Gasteiger partial charge in [-0.15, -0.1) is 0 Å². The third-order valence-electron chi connectivity index (χ3n) is 7.87. The van der Waals surface area contributed by atoms with Crippen LogP contribution in [0.25, 0.3) is 0 Å². The molecule has 0 heterocycles. The zero-order chi connectivity index (χ0) is 38.3. The number of unbranched alkanes of at least 4 members (excludes halogenated alkanes) is 7. The Morgan fingerprint density at radius 2 is 1.10 bits per heavy atom. The molecular formula is C43H68N2O7. The lowest BCUT2D eigenvalue weighted by Gasteiger charge is -2.14. The van der Waals surface area contributed by atoms with Gasteiger partial charge < -0.3 is 25.6 Å². The lowest BCUT2D eigenvalue weighted by molar-refractivity contribution is -0.147. The third kappa shape index (κ3) is 33.2. The molecule has 292 valence electrons. The van der Waals surface area contributed by atoms with Crippen molar-refractivity contribution in [1.82, 2.24) is 10.6 Å². The standard InChI is InChI=1S/C43H68N2O7/c1-3-5-7-9-11-13-14-15-16-17-18-19-21-27-31-35-42(49)52-38(32-28-24-20-12-10-8-6-4-2)33-29-25-22-23-26-30-34-40(47)44-36-41(48)45-39(37-46)43(50)51/h5-8,11-13,15-16,18-20,28,32,38-39,46H,3-4,9-10,14,17,21-27,29-31,33-37H2,1-2H3,(H,44,47)(H,45,48)(H,50,51)/b7-5-,8-6-,13-11-,16-15-,19-18-,20-12-,32-28-. The molecule has 9 nitrogen and oxygen atoms in total. The Bertz CT molecular complexity index is 1150. The molecule has 0 aromatic heterocycles. The quantitative estimate of drug-likeness (QED) is 0.0301. The van der Waals surface area contributed by atoms with E-state index in [9.17, 15) is 19.2 Å². The Morgan fingerprint density at radius 3 is 1.65 bits per heavy atom. The van der Waals surface area contributed by atoms with Gasteiger partial charge in [0.05, 0.1) is 13.2 Å². The first kappa shape index (κ1) is 48.0. The van der Waals surface area contributed by atoms with Crippen LogP contribution in [0.2, 0.25) is 0 Å². The maximum Gasteiger partial charge on any atom is 0.328 e. The summed E-state index contributed by atoms with van der Waals surface area (Å²) in [7, 11) is 0. The number of esters is 1. The maximum absolute atomic E-state index is 12.7. The molecule has 0 rings (SSSR count). The number of rotatable bonds is 33. The van der Waals surface area contributed by atoms with Gasteiger partial charge >= 0.3 is 11.9 Å². The summed E-state index contributed by atoms with van der Waals surface area (Å²) in [6.07, 6.45) is 46.3. The van der Waals surface area contributed by atoms with E-state index < -0.39 is 24.5 Å². The van der Waals surface area contributed by atoms with Crippen LogP contribution in [0, 0.1) is 0 Å². The van der Waals surface area contributed by atoms with E-state index in [1.54, 1.807) is 0 Å². The van der Waals surface area contributed by atoms with E-state index in [2.05, 4.69) is 103 Å². The number of ether oxygens (including phenoxy) is 1. The Balaban J connectivity index is 4.39. The van der Waals surface area contributed by atoms with Gasteiger partial charge in [-0.1, -0.05) is 119 Å². The number of carboxylic acids is 1. The fourth-order valence-electron chi connectivity index (χ4n) is 4.93. The van der Waals surface area contributed by atoms with Crippen LogP contribution >= 0.6 is 0 Å². The smallest absolute Gasteiger partial charge is 0.328 e. The molecule has 0 aromatic carbocycles. The van der Waals surface area contributed by atoms with Gasteiger partial charge in [-0.05, 0) is 89.5 Å². The molecule has 2 atom stereocenters. The second-order valence-corrected chi connectivity index (χ2v) is 12.6. The molecule has 0 aromatic rings. The molecule has 0 radical (unpaired) electrons. The number of hydrogen-bond donors (Lipinski definition) is 4. The van der Waals surface area contributed by atoms with Crippen LogP contribution in [0.5, 0.6) is 0 Å². The third-order valence-corrected chi connectivity index (χ3v) is 7.87. The summed E-state index contributed by atoms with van der Waals surface area (Å²) in [5, 5.41) is 22.5. The van der Waals surface area contributed by atoms with Gasteiger partial charge in [-0.2, -0.15) is 0 Å². The maximum atomic E-state index is 12.7. The van der Waals surface area contributed by atoms with Crippen molar-refractivity contribution in [3.8, 4) is 0 Å². The Morgan fingerprint density at radius 1 is 0.596 bits per heavy atom. The van der Waals surface area contributed by atoms with Crippen LogP contribution < -0.4 is 10.6 Å². The normalized spacial score (nSPS) is 13.4. The highest BCUT2D eigenvalue weighted by molar-refractivity contribution is 5.87. The summed E-state index contributed by atoms with van der Waals surface area (Å²) in [4.78, 5) is 47.3. The number of amides is 2. The number of nitrogens with one attached hydrogen (secondary N) is 2. The summed E-state index contributed by atoms with van der Waals surface area (Å²) in [5.74, 6) is -2.42. The largest absolute Gasteiger partial charge is 0.480 e. The predicted molar refractivity (Wildman–Crippen MR) is 213 cm³/mol. The molecule has 0 saturated heterocycles. The lowest BCUT2D eigenvalue weighted by Crippen LogP contribution is -2.47. The van der Waals surface area contributed by atoms with Gasteiger partial charge in [-0.3, -0.25) is 14.4 Å². The van der Waals surface area contributed by atoms with Crippen molar-refractivity contribution in [2.45, 2.75) is 148 Å². The second kappa shape index (κ2) is 36.8. The van der Waals surface area contributed by atoms with E-state index in [1.807, 2.05) is 6.08 Å². The zero-order valence-electron chi connectivity index (χ0n) is 32.0. The molecule has 4 N–H and O–H groups in total. The molecule has 0 fully saturated rings. The van der Waals surface area contributed by atoms with Gasteiger partial charge in [0.15, 0.2) is 0 Å². The van der Waals surface area contributed by atoms with Crippen molar-refractivity contribution in [1.29, 1.82) is 0 Å². The predicted octanol–water partition coefficient (Wildman–Crippen LogP) is 8.92. The van der Waals surface area contributed by atoms with Gasteiger partial charge in [-0.25, -0.2) is 4.79 Å². The van der Waals surface area contributed by atoms with Crippen LogP contribution in [0.15, 0.2) is 85.1 Å². The van der Waals surface area contributed by atoms with Gasteiger partial charge in [0.25, 0.3) is 0 Å². The van der Waals surface area contributed by atoms with Gasteiger partial charge in [0, 0.05) is 12.8 Å². The number of aliphatic hydroxyl groups is 1. The number of aliphatic hydroxyl groups excluding tert-OH is 1. The first-order valence-corrected chi connectivity index (χ1v) is 19.5. The minimum absolute atomic E-state index is 0.147. The lowest BCUT2D eigenvalue weighted by atomic mass is 10.1. The Kier molecular flexibility index (Phi) is 34.0. The monoisotopic (exact) mass is 725 g/mol. The first-order valence-electron chi connectivity index (χ1n) is 19.5. The van der Waals surface area contributed by atoms with Crippen molar-refractivity contribution in [3.63, 3.8) is 0 Å². The van der Waals surface area contributed by atoms with Gasteiger partial charge in [0.2, 0.25) is 11.8 Å². The molecule has 2 unspecified atom stereocenters. The zero-order valence-corrected chi connectivity index (χ0v) is 32.0. The number of carbonyl (C=O) groups is 4. The number of hydrogen-bond acceptors (Lipinski definition) is 6. The topological polar surface area (TPSA) is 142 Å². The second-order valence-electron chi connectivity index (χ2n) is 12.6. The average molecular weight is 725 g/mol. The minimum atomic E-state index is -1.39. The minimum Gasteiger partial charge on any atom is -0.480 e. The average Bonchev–Trinajstić information content (AvgIpc) is 3.13. The number of aliphatic carboxylic acids is 1. The van der Waals surface area contributed by atoms with Crippen LogP contribution in [-0.4, -0.2) is 59.3 Å². The van der Waals surface area contributed by atoms with Crippen molar-refractivity contribution in [2.75, 3.05) is 13.2 Å². The SMILES string of the molecule is CC/C=C\C/C=C\C/C=C\C/C=C\CCCCC(=O)OC(/C=C\C/C=C\C/C=C\CC)CCCCCCCCC(=O)NCC(=O)NC(CO)C(=O)O. The molecule has 0 bridgehead atoms. The molecule has 2 amide bonds. The summed E-state index contributed by atoms with van der Waals surface area (Å²) in [6, 6.07) is -1.39. The fourth-order valence-corrected chi connectivity index (χ4v) is 4.93. The van der Waals surface area contributed by atoms with Gasteiger partial charge in [0.1, 0.15) is 12.1 Å². The van der Waals surface area contributed by atoms with E-state index in [0.29, 0.717) is 12.8 Å². The van der Waals surface area contributed by atoms with Crippen LogP contribution in [-0.2, 0) is 23.9 Å². The number of allylic oxidation sites excluding steroid dienone is 13. The molecule has 52 heavy (non-hydrogen) atoms. The van der Waals surface area contributed by atoms with E-state index in [1.165, 1.54) is 0 Å². The number of carboxylic acid groups (broad SMARTS) is 1. The van der Waals surface area contributed by atoms with E-state index in [-0.39, 0.29) is 30.9 Å².